The van der Waals surface area contributed by atoms with Crippen LogP contribution < -0.4 is 20.7 Å². The van der Waals surface area contributed by atoms with Gasteiger partial charge in [0.25, 0.3) is 0 Å². The number of hydrogen-bond acceptors (Lipinski definition) is 4. The molecular weight excluding hydrogens is 376 g/mol. The minimum Gasteiger partial charge on any atom is -0.497 e. The van der Waals surface area contributed by atoms with Crippen LogP contribution >= 0.6 is 0 Å². The molecule has 148 valence electrons. The van der Waals surface area contributed by atoms with Crippen LogP contribution in [0.5, 0.6) is 5.75 Å². The first-order valence-corrected chi connectivity index (χ1v) is 9.69. The molecule has 1 saturated heterocycles. The number of amides is 2. The van der Waals surface area contributed by atoms with Crippen molar-refractivity contribution in [1.82, 2.24) is 10.6 Å². The number of anilines is 1. The van der Waals surface area contributed by atoms with Crippen LogP contribution in [-0.2, 0) is 0 Å². The molecule has 0 spiro atoms. The third kappa shape index (κ3) is 3.18. The third-order valence-electron chi connectivity index (χ3n) is 5.23. The van der Waals surface area contributed by atoms with Crippen molar-refractivity contribution >= 4 is 28.9 Å². The molecule has 2 amide bonds. The van der Waals surface area contributed by atoms with Gasteiger partial charge in [0, 0.05) is 5.57 Å². The Hall–Kier alpha value is -4.06. The number of ether oxygens (including phenoxy) is 1. The lowest BCUT2D eigenvalue weighted by Gasteiger charge is -2.30. The molecule has 0 saturated carbocycles. The lowest BCUT2D eigenvalue weighted by molar-refractivity contribution is 0.241. The summed E-state index contributed by atoms with van der Waals surface area (Å²) in [6.45, 7) is 0. The fourth-order valence-electron chi connectivity index (χ4n) is 3.78. The summed E-state index contributed by atoms with van der Waals surface area (Å²) in [6, 6.07) is 24.9. The Bertz CT molecular complexity index is 1170. The minimum atomic E-state index is -0.375. The largest absolute Gasteiger partial charge is 0.497 e. The average molecular weight is 396 g/mol. The number of nitrogens with zero attached hydrogens (tertiary/aromatic N) is 1. The molecule has 2 heterocycles. The summed E-state index contributed by atoms with van der Waals surface area (Å²) in [7, 11) is 1.63. The zero-order valence-electron chi connectivity index (χ0n) is 16.3. The van der Waals surface area contributed by atoms with E-state index in [0.29, 0.717) is 5.84 Å². The Labute approximate surface area is 174 Å². The van der Waals surface area contributed by atoms with Crippen LogP contribution in [0.15, 0.2) is 89.4 Å². The molecule has 0 radical (unpaired) electrons. The molecule has 3 N–H and O–H groups in total. The number of nitrogens with one attached hydrogen (secondary N) is 3. The molecule has 3 aromatic carbocycles. The van der Waals surface area contributed by atoms with Gasteiger partial charge in [0.1, 0.15) is 11.6 Å². The van der Waals surface area contributed by atoms with Crippen molar-refractivity contribution < 1.29 is 9.53 Å². The van der Waals surface area contributed by atoms with E-state index in [2.05, 4.69) is 16.0 Å². The highest BCUT2D eigenvalue weighted by molar-refractivity contribution is 6.18. The van der Waals surface area contributed by atoms with Crippen LogP contribution in [0.1, 0.15) is 17.2 Å². The van der Waals surface area contributed by atoms with Gasteiger partial charge in [0.05, 0.1) is 30.2 Å². The summed E-state index contributed by atoms with van der Waals surface area (Å²) in [5.41, 5.74) is 5.37. The lowest BCUT2D eigenvalue weighted by Crippen LogP contribution is -2.50. The predicted molar refractivity (Wildman–Crippen MR) is 118 cm³/mol. The molecule has 0 aliphatic carbocycles. The number of para-hydroxylation sites is 2. The quantitative estimate of drug-likeness (QED) is 0.605. The molecule has 6 heteroatoms. The topological polar surface area (TPSA) is 74.8 Å². The smallest absolute Gasteiger partial charge is 0.321 e. The fraction of sp³-hybridized carbons (Fsp3) is 0.0833. The summed E-state index contributed by atoms with van der Waals surface area (Å²) < 4.78 is 5.29. The first kappa shape index (κ1) is 18.0. The molecule has 0 bridgehead atoms. The number of benzene rings is 3. The normalized spacial score (nSPS) is 17.4. The Morgan fingerprint density at radius 1 is 0.867 bits per heavy atom. The van der Waals surface area contributed by atoms with Crippen molar-refractivity contribution in [2.24, 2.45) is 4.99 Å². The van der Waals surface area contributed by atoms with Crippen molar-refractivity contribution in [3.05, 3.63) is 95.6 Å². The molecule has 3 aromatic rings. The molecule has 2 aliphatic rings. The third-order valence-corrected chi connectivity index (χ3v) is 5.23. The van der Waals surface area contributed by atoms with Gasteiger partial charge in [-0.1, -0.05) is 54.6 Å². The molecule has 6 nitrogen and oxygen atoms in total. The number of hydrogen-bond donors (Lipinski definition) is 3. The van der Waals surface area contributed by atoms with Gasteiger partial charge in [0.15, 0.2) is 0 Å². The number of aliphatic imine (C=N–C) groups is 1. The maximum absolute atomic E-state index is 12.5. The summed E-state index contributed by atoms with van der Waals surface area (Å²) in [6.07, 6.45) is 0. The number of fused-ring (bicyclic) bond motifs is 2. The van der Waals surface area contributed by atoms with E-state index in [9.17, 15) is 4.79 Å². The molecule has 0 aromatic heterocycles. The monoisotopic (exact) mass is 396 g/mol. The van der Waals surface area contributed by atoms with Crippen LogP contribution in [0.3, 0.4) is 0 Å². The first-order valence-electron chi connectivity index (χ1n) is 9.69. The van der Waals surface area contributed by atoms with E-state index in [0.717, 1.165) is 39.5 Å². The maximum Gasteiger partial charge on any atom is 0.321 e. The van der Waals surface area contributed by atoms with E-state index in [1.807, 2.05) is 78.9 Å². The Kier molecular flexibility index (Phi) is 4.44. The van der Waals surface area contributed by atoms with E-state index < -0.39 is 0 Å². The van der Waals surface area contributed by atoms with Crippen molar-refractivity contribution in [3.63, 3.8) is 0 Å². The van der Waals surface area contributed by atoms with Gasteiger partial charge in [-0.15, -0.1) is 0 Å². The van der Waals surface area contributed by atoms with Gasteiger partial charge < -0.3 is 15.4 Å². The van der Waals surface area contributed by atoms with Crippen LogP contribution in [0.25, 0.3) is 5.70 Å². The fourth-order valence-corrected chi connectivity index (χ4v) is 3.78. The van der Waals surface area contributed by atoms with Gasteiger partial charge in [0.2, 0.25) is 0 Å². The first-order chi connectivity index (χ1) is 14.7. The zero-order chi connectivity index (χ0) is 20.5. The highest BCUT2D eigenvalue weighted by atomic mass is 16.5. The Balaban J connectivity index is 1.74. The number of urea groups is 1. The van der Waals surface area contributed by atoms with Crippen molar-refractivity contribution in [1.29, 1.82) is 0 Å². The molecule has 1 unspecified atom stereocenters. The summed E-state index contributed by atoms with van der Waals surface area (Å²) in [5, 5.41) is 9.51. The molecule has 1 atom stereocenters. The van der Waals surface area contributed by atoms with E-state index >= 15 is 0 Å². The second kappa shape index (κ2) is 7.40. The number of carbonyl (C=O) groups is 1. The predicted octanol–water partition coefficient (Wildman–Crippen LogP) is 4.62. The van der Waals surface area contributed by atoms with E-state index in [-0.39, 0.29) is 12.1 Å². The van der Waals surface area contributed by atoms with Crippen molar-refractivity contribution in [2.45, 2.75) is 6.04 Å². The van der Waals surface area contributed by atoms with Gasteiger partial charge in [-0.3, -0.25) is 5.32 Å². The van der Waals surface area contributed by atoms with Gasteiger partial charge in [-0.25, -0.2) is 9.79 Å². The van der Waals surface area contributed by atoms with Gasteiger partial charge in [-0.2, -0.15) is 0 Å². The number of carbonyl (C=O) groups excluding carboxylic acids is 1. The second-order valence-electron chi connectivity index (χ2n) is 7.06. The van der Waals surface area contributed by atoms with Crippen LogP contribution in [0.4, 0.5) is 16.2 Å². The van der Waals surface area contributed by atoms with Crippen molar-refractivity contribution in [3.8, 4) is 5.75 Å². The summed E-state index contributed by atoms with van der Waals surface area (Å²) in [4.78, 5) is 17.3. The van der Waals surface area contributed by atoms with Crippen LogP contribution in [-0.4, -0.2) is 19.0 Å². The maximum atomic E-state index is 12.5. The molecular formula is C24H20N4O2. The van der Waals surface area contributed by atoms with E-state index in [4.69, 9.17) is 9.73 Å². The highest BCUT2D eigenvalue weighted by Gasteiger charge is 2.34. The highest BCUT2D eigenvalue weighted by Crippen LogP contribution is 2.39. The van der Waals surface area contributed by atoms with Crippen LogP contribution in [0.2, 0.25) is 0 Å². The SMILES string of the molecule is COc1ccc(C2NC(=O)NC3=Nc4ccccc4NC(c4ccccc4)=C32)cc1. The van der Waals surface area contributed by atoms with Gasteiger partial charge >= 0.3 is 6.03 Å². The Morgan fingerprint density at radius 3 is 2.37 bits per heavy atom. The summed E-state index contributed by atoms with van der Waals surface area (Å²) >= 11 is 0. The average Bonchev–Trinajstić information content (AvgIpc) is 2.95. The molecule has 5 rings (SSSR count). The summed E-state index contributed by atoms with van der Waals surface area (Å²) in [5.74, 6) is 1.30. The number of methoxy groups -OCH3 is 1. The van der Waals surface area contributed by atoms with Gasteiger partial charge in [-0.05, 0) is 35.4 Å². The minimum absolute atomic E-state index is 0.287. The number of rotatable bonds is 3. The molecule has 2 aliphatic heterocycles. The standard InChI is InChI=1S/C24H20N4O2/c1-30-17-13-11-16(12-14-17)22-20-21(15-7-3-2-4-8-15)25-18-9-5-6-10-19(18)26-23(20)28-24(29)27-22/h2-14,22,25H,1H3,(H2,26,27,28,29). The van der Waals surface area contributed by atoms with Crippen molar-refractivity contribution in [2.75, 3.05) is 12.4 Å². The Morgan fingerprint density at radius 2 is 1.60 bits per heavy atom. The molecule has 1 fully saturated rings. The van der Waals surface area contributed by atoms with Crippen LogP contribution in [0, 0.1) is 0 Å². The molecule has 30 heavy (non-hydrogen) atoms. The van der Waals surface area contributed by atoms with E-state index in [1.54, 1.807) is 7.11 Å². The zero-order valence-corrected chi connectivity index (χ0v) is 16.3. The lowest BCUT2D eigenvalue weighted by atomic mass is 9.92. The second-order valence-corrected chi connectivity index (χ2v) is 7.06. The number of amidine groups is 1. The van der Waals surface area contributed by atoms with E-state index in [1.165, 1.54) is 0 Å².